The summed E-state index contributed by atoms with van der Waals surface area (Å²) in [6.45, 7) is 5.31. The van der Waals surface area contributed by atoms with Crippen molar-refractivity contribution in [1.29, 1.82) is 0 Å². The van der Waals surface area contributed by atoms with Crippen molar-refractivity contribution in [3.8, 4) is 0 Å². The molecule has 2 saturated heterocycles. The van der Waals surface area contributed by atoms with Gasteiger partial charge in [0.1, 0.15) is 0 Å². The molecule has 0 radical (unpaired) electrons. The predicted octanol–water partition coefficient (Wildman–Crippen LogP) is 1.54. The Labute approximate surface area is 177 Å². The zero-order valence-electron chi connectivity index (χ0n) is 17.4. The van der Waals surface area contributed by atoms with E-state index in [0.29, 0.717) is 5.56 Å². The number of hydrogen-bond acceptors (Lipinski definition) is 8. The van der Waals surface area contributed by atoms with Gasteiger partial charge in [0, 0.05) is 19.4 Å². The number of imide groups is 1. The molecule has 1 aromatic rings. The number of amides is 2. The lowest BCUT2D eigenvalue weighted by atomic mass is 9.72. The maximum absolute atomic E-state index is 13.5. The van der Waals surface area contributed by atoms with Gasteiger partial charge in [-0.2, -0.15) is 0 Å². The predicted molar refractivity (Wildman–Crippen MR) is 105 cm³/mol. The molecule has 31 heavy (non-hydrogen) atoms. The summed E-state index contributed by atoms with van der Waals surface area (Å²) in [4.78, 5) is 63.0. The fourth-order valence-electron chi connectivity index (χ4n) is 4.68. The molecule has 0 spiro atoms. The van der Waals surface area contributed by atoms with Gasteiger partial charge >= 0.3 is 11.9 Å². The maximum atomic E-state index is 13.5. The zero-order valence-corrected chi connectivity index (χ0v) is 17.4. The number of esters is 2. The molecule has 4 atom stereocenters. The smallest absolute Gasteiger partial charge is 0.305 e. The fourth-order valence-corrected chi connectivity index (χ4v) is 4.68. The van der Waals surface area contributed by atoms with Crippen LogP contribution in [0.4, 0.5) is 5.69 Å². The number of anilines is 1. The maximum Gasteiger partial charge on any atom is 0.305 e. The largest absolute Gasteiger partial charge is 0.422 e. The summed E-state index contributed by atoms with van der Waals surface area (Å²) < 4.78 is 16.5. The van der Waals surface area contributed by atoms with Gasteiger partial charge in [0.05, 0.1) is 23.1 Å². The van der Waals surface area contributed by atoms with E-state index in [4.69, 9.17) is 14.2 Å². The second-order valence-corrected chi connectivity index (χ2v) is 8.10. The van der Waals surface area contributed by atoms with Gasteiger partial charge in [-0.3, -0.25) is 24.0 Å². The molecule has 3 aliphatic rings. The Morgan fingerprint density at radius 2 is 1.61 bits per heavy atom. The first-order valence-corrected chi connectivity index (χ1v) is 9.74. The molecular weight excluding hydrogens is 406 g/mol. The minimum absolute atomic E-state index is 0.209. The number of nitrogens with zero attached hydrogens (tertiary/aromatic N) is 1. The molecule has 3 aliphatic heterocycles. The van der Waals surface area contributed by atoms with Gasteiger partial charge in [0.15, 0.2) is 11.4 Å². The zero-order chi connectivity index (χ0) is 22.7. The van der Waals surface area contributed by atoms with Crippen LogP contribution in [0.15, 0.2) is 36.4 Å². The van der Waals surface area contributed by atoms with Gasteiger partial charge in [-0.05, 0) is 32.1 Å². The molecule has 9 heteroatoms. The second kappa shape index (κ2) is 6.84. The van der Waals surface area contributed by atoms with E-state index in [2.05, 4.69) is 0 Å². The van der Waals surface area contributed by atoms with E-state index in [9.17, 15) is 24.0 Å². The normalized spacial score (nSPS) is 30.7. The van der Waals surface area contributed by atoms with Crippen molar-refractivity contribution in [2.45, 2.75) is 45.2 Å². The number of ketones is 1. The van der Waals surface area contributed by atoms with Crippen molar-refractivity contribution in [2.24, 2.45) is 11.8 Å². The summed E-state index contributed by atoms with van der Waals surface area (Å²) >= 11 is 0. The molecular formula is C22H21NO8. The third-order valence-electron chi connectivity index (χ3n) is 5.91. The molecule has 0 N–H and O–H groups in total. The number of carbonyl (C=O) groups is 5. The highest BCUT2D eigenvalue weighted by Gasteiger charge is 2.75. The van der Waals surface area contributed by atoms with Gasteiger partial charge in [0.25, 0.3) is 6.29 Å². The van der Waals surface area contributed by atoms with Crippen LogP contribution in [0, 0.1) is 11.8 Å². The van der Waals surface area contributed by atoms with Crippen LogP contribution in [0.5, 0.6) is 0 Å². The molecule has 9 nitrogen and oxygen atoms in total. The van der Waals surface area contributed by atoms with E-state index in [0.717, 1.165) is 18.7 Å². The van der Waals surface area contributed by atoms with Crippen molar-refractivity contribution >= 4 is 35.2 Å². The van der Waals surface area contributed by atoms with E-state index >= 15 is 0 Å². The number of ether oxygens (including phenoxy) is 3. The average molecular weight is 427 g/mol. The van der Waals surface area contributed by atoms with E-state index in [1.807, 2.05) is 0 Å². The summed E-state index contributed by atoms with van der Waals surface area (Å²) in [5, 5.41) is 0. The molecule has 2 amide bonds. The Morgan fingerprint density at radius 3 is 2.19 bits per heavy atom. The van der Waals surface area contributed by atoms with E-state index < -0.39 is 53.1 Å². The lowest BCUT2D eigenvalue weighted by Crippen LogP contribution is -2.52. The number of rotatable bonds is 5. The molecule has 2 fully saturated rings. The Hall–Kier alpha value is -3.33. The van der Waals surface area contributed by atoms with Gasteiger partial charge in [0.2, 0.25) is 11.8 Å². The van der Waals surface area contributed by atoms with Crippen molar-refractivity contribution in [3.63, 3.8) is 0 Å². The van der Waals surface area contributed by atoms with Crippen molar-refractivity contribution in [2.75, 3.05) is 4.90 Å². The molecule has 1 aromatic carbocycles. The summed E-state index contributed by atoms with van der Waals surface area (Å²) in [7, 11) is 0. The SMILES string of the molecule is CC(=O)OC(OC(C)=O)[C@@]12C=C[C@@](C)(O1)[C@@H]1C(=O)N(c3cccc(C(C)=O)c3)C(=O)[C@H]12. The third kappa shape index (κ3) is 2.99. The molecule has 2 bridgehead atoms. The van der Waals surface area contributed by atoms with Gasteiger partial charge in [-0.1, -0.05) is 18.2 Å². The highest BCUT2D eigenvalue weighted by molar-refractivity contribution is 6.23. The Bertz CT molecular complexity index is 1050. The minimum Gasteiger partial charge on any atom is -0.422 e. The molecule has 3 heterocycles. The second-order valence-electron chi connectivity index (χ2n) is 8.10. The molecule has 4 rings (SSSR count). The van der Waals surface area contributed by atoms with Crippen LogP contribution in [0.3, 0.4) is 0 Å². The summed E-state index contributed by atoms with van der Waals surface area (Å²) in [6.07, 6.45) is 1.59. The fraction of sp³-hybridized carbons (Fsp3) is 0.409. The first-order valence-electron chi connectivity index (χ1n) is 9.74. The molecule has 0 saturated carbocycles. The monoisotopic (exact) mass is 427 g/mol. The van der Waals surface area contributed by atoms with E-state index in [-0.39, 0.29) is 11.5 Å². The van der Waals surface area contributed by atoms with Gasteiger partial charge in [-0.25, -0.2) is 4.90 Å². The van der Waals surface area contributed by atoms with Crippen molar-refractivity contribution in [3.05, 3.63) is 42.0 Å². The summed E-state index contributed by atoms with van der Waals surface area (Å²) in [5.41, 5.74) is -2.20. The number of carbonyl (C=O) groups excluding carboxylic acids is 5. The first-order chi connectivity index (χ1) is 14.5. The molecule has 0 aliphatic carbocycles. The number of fused-ring (bicyclic) bond motifs is 5. The number of benzene rings is 1. The van der Waals surface area contributed by atoms with Crippen LogP contribution in [0.2, 0.25) is 0 Å². The molecule has 0 unspecified atom stereocenters. The van der Waals surface area contributed by atoms with Crippen LogP contribution in [-0.4, -0.2) is 47.0 Å². The highest BCUT2D eigenvalue weighted by atomic mass is 16.7. The van der Waals surface area contributed by atoms with Crippen molar-refractivity contribution in [1.82, 2.24) is 0 Å². The lowest BCUT2D eigenvalue weighted by molar-refractivity contribution is -0.231. The highest BCUT2D eigenvalue weighted by Crippen LogP contribution is 2.59. The Balaban J connectivity index is 1.79. The van der Waals surface area contributed by atoms with Crippen LogP contribution in [-0.2, 0) is 33.4 Å². The molecule has 0 aromatic heterocycles. The first kappa shape index (κ1) is 20.9. The molecule has 162 valence electrons. The number of hydrogen-bond donors (Lipinski definition) is 0. The van der Waals surface area contributed by atoms with Crippen LogP contribution in [0.25, 0.3) is 0 Å². The minimum atomic E-state index is -1.64. The quantitative estimate of drug-likeness (QED) is 0.228. The summed E-state index contributed by atoms with van der Waals surface area (Å²) in [5.74, 6) is -4.78. The Kier molecular flexibility index (Phi) is 4.62. The van der Waals surface area contributed by atoms with E-state index in [1.54, 1.807) is 31.2 Å². The lowest BCUT2D eigenvalue weighted by Gasteiger charge is -2.34. The van der Waals surface area contributed by atoms with Crippen LogP contribution in [0.1, 0.15) is 38.1 Å². The third-order valence-corrected chi connectivity index (χ3v) is 5.91. The summed E-state index contributed by atoms with van der Waals surface area (Å²) in [6, 6.07) is 6.21. The Morgan fingerprint density at radius 1 is 1.00 bits per heavy atom. The van der Waals surface area contributed by atoms with Gasteiger partial charge in [-0.15, -0.1) is 0 Å². The van der Waals surface area contributed by atoms with Gasteiger partial charge < -0.3 is 14.2 Å². The van der Waals surface area contributed by atoms with E-state index in [1.165, 1.54) is 19.1 Å². The van der Waals surface area contributed by atoms with Crippen LogP contribution >= 0.6 is 0 Å². The standard InChI is InChI=1S/C22H21NO8/c1-11(24)14-6-5-7-15(10-14)23-18(27)16-17(19(23)28)22(9-8-21(16,4)31-22)20(29-12(2)25)30-13(3)26/h5-10,16-17,20H,1-4H3/t16-,17-,21+,22-/m0/s1. The topological polar surface area (TPSA) is 116 Å². The number of Topliss-reactive ketones (excluding diaryl/α,β-unsaturated/α-hetero) is 1. The average Bonchev–Trinajstić information content (AvgIpc) is 3.26. The van der Waals surface area contributed by atoms with Crippen molar-refractivity contribution < 1.29 is 38.2 Å². The van der Waals surface area contributed by atoms with Crippen LogP contribution < -0.4 is 4.90 Å².